The molecular formula is C22H18N6O. The molecule has 142 valence electrons. The summed E-state index contributed by atoms with van der Waals surface area (Å²) in [6.07, 6.45) is 8.58. The summed E-state index contributed by atoms with van der Waals surface area (Å²) < 4.78 is 0. The Kier molecular flexibility index (Phi) is 5.29. The third-order valence-corrected chi connectivity index (χ3v) is 4.48. The van der Waals surface area contributed by atoms with E-state index in [1.54, 1.807) is 31.0 Å². The third-order valence-electron chi connectivity index (χ3n) is 4.48. The highest BCUT2D eigenvalue weighted by Gasteiger charge is 2.08. The van der Waals surface area contributed by atoms with Crippen LogP contribution in [0.5, 0.6) is 0 Å². The summed E-state index contributed by atoms with van der Waals surface area (Å²) in [6, 6.07) is 13.4. The Bertz CT molecular complexity index is 1120. The molecule has 0 spiro atoms. The fraction of sp³-hybridized carbons (Fsp3) is 0.0909. The molecule has 3 heterocycles. The van der Waals surface area contributed by atoms with Gasteiger partial charge in [0.2, 0.25) is 5.91 Å². The standard InChI is InChI=1S/C22H18N6O/c1-15-10-16(2-4-20(15)17-6-8-24-26-12-17)11-22(29)28-19-3-5-21(23-14-19)18-7-9-25-27-13-18/h2-10,12-14H,11H2,1H3,(H,28,29). The molecule has 0 atom stereocenters. The van der Waals surface area contributed by atoms with Gasteiger partial charge in [0.25, 0.3) is 0 Å². The van der Waals surface area contributed by atoms with Crippen molar-refractivity contribution in [3.05, 3.63) is 84.6 Å². The number of amides is 1. The summed E-state index contributed by atoms with van der Waals surface area (Å²) >= 11 is 0. The van der Waals surface area contributed by atoms with Crippen molar-refractivity contribution in [2.45, 2.75) is 13.3 Å². The van der Waals surface area contributed by atoms with Gasteiger partial charge in [0.05, 0.1) is 48.8 Å². The lowest BCUT2D eigenvalue weighted by Gasteiger charge is -2.09. The van der Waals surface area contributed by atoms with Gasteiger partial charge in [-0.3, -0.25) is 9.78 Å². The number of aromatic nitrogens is 5. The lowest BCUT2D eigenvalue weighted by Crippen LogP contribution is -2.14. The van der Waals surface area contributed by atoms with Crippen LogP contribution in [0.25, 0.3) is 22.4 Å². The van der Waals surface area contributed by atoms with Crippen LogP contribution in [-0.2, 0) is 11.2 Å². The molecule has 4 rings (SSSR count). The van der Waals surface area contributed by atoms with Crippen LogP contribution in [0.15, 0.2) is 73.4 Å². The molecule has 1 amide bonds. The van der Waals surface area contributed by atoms with E-state index in [4.69, 9.17) is 0 Å². The molecule has 1 aromatic carbocycles. The highest BCUT2D eigenvalue weighted by Crippen LogP contribution is 2.23. The number of anilines is 1. The maximum atomic E-state index is 12.4. The van der Waals surface area contributed by atoms with Crippen LogP contribution in [0.3, 0.4) is 0 Å². The summed E-state index contributed by atoms with van der Waals surface area (Å²) in [5, 5.41) is 18.2. The Hall–Kier alpha value is -4.00. The van der Waals surface area contributed by atoms with Crippen molar-refractivity contribution in [3.8, 4) is 22.4 Å². The second-order valence-electron chi connectivity index (χ2n) is 6.57. The number of pyridine rings is 1. The SMILES string of the molecule is Cc1cc(CC(=O)Nc2ccc(-c3ccnnc3)nc2)ccc1-c1ccnnc1. The second kappa shape index (κ2) is 8.35. The zero-order valence-electron chi connectivity index (χ0n) is 15.8. The summed E-state index contributed by atoms with van der Waals surface area (Å²) in [6.45, 7) is 2.02. The first-order valence-electron chi connectivity index (χ1n) is 9.08. The Labute approximate surface area is 167 Å². The van der Waals surface area contributed by atoms with E-state index in [0.29, 0.717) is 5.69 Å². The van der Waals surface area contributed by atoms with Gasteiger partial charge in [-0.15, -0.1) is 0 Å². The van der Waals surface area contributed by atoms with Gasteiger partial charge in [0.1, 0.15) is 0 Å². The molecule has 7 heteroatoms. The number of nitrogens with one attached hydrogen (secondary N) is 1. The van der Waals surface area contributed by atoms with Crippen LogP contribution in [0.1, 0.15) is 11.1 Å². The van der Waals surface area contributed by atoms with Crippen molar-refractivity contribution >= 4 is 11.6 Å². The number of rotatable bonds is 5. The first-order chi connectivity index (χ1) is 14.2. The number of hydrogen-bond donors (Lipinski definition) is 1. The van der Waals surface area contributed by atoms with E-state index in [1.807, 2.05) is 49.4 Å². The molecule has 0 aliphatic rings. The quantitative estimate of drug-likeness (QED) is 0.568. The summed E-state index contributed by atoms with van der Waals surface area (Å²) in [7, 11) is 0. The minimum Gasteiger partial charge on any atom is -0.324 e. The van der Waals surface area contributed by atoms with Crippen LogP contribution in [0.2, 0.25) is 0 Å². The lowest BCUT2D eigenvalue weighted by atomic mass is 9.99. The highest BCUT2D eigenvalue weighted by molar-refractivity contribution is 5.92. The van der Waals surface area contributed by atoms with Crippen LogP contribution in [0, 0.1) is 6.92 Å². The van der Waals surface area contributed by atoms with Gasteiger partial charge in [0.15, 0.2) is 0 Å². The van der Waals surface area contributed by atoms with Gasteiger partial charge in [0, 0.05) is 11.1 Å². The van der Waals surface area contributed by atoms with Crippen molar-refractivity contribution in [2.75, 3.05) is 5.32 Å². The van der Waals surface area contributed by atoms with Gasteiger partial charge in [-0.1, -0.05) is 18.2 Å². The Morgan fingerprint density at radius 3 is 2.24 bits per heavy atom. The Balaban J connectivity index is 1.41. The predicted octanol–water partition coefficient (Wildman–Crippen LogP) is 3.49. The van der Waals surface area contributed by atoms with E-state index in [-0.39, 0.29) is 12.3 Å². The molecule has 4 aromatic rings. The number of hydrogen-bond acceptors (Lipinski definition) is 6. The normalized spacial score (nSPS) is 10.5. The van der Waals surface area contributed by atoms with E-state index < -0.39 is 0 Å². The molecule has 0 saturated carbocycles. The minimum absolute atomic E-state index is 0.0946. The molecule has 29 heavy (non-hydrogen) atoms. The van der Waals surface area contributed by atoms with Crippen molar-refractivity contribution in [3.63, 3.8) is 0 Å². The van der Waals surface area contributed by atoms with Gasteiger partial charge < -0.3 is 5.32 Å². The van der Waals surface area contributed by atoms with Gasteiger partial charge in [-0.05, 0) is 47.9 Å². The van der Waals surface area contributed by atoms with Crippen LogP contribution >= 0.6 is 0 Å². The number of benzene rings is 1. The minimum atomic E-state index is -0.0946. The fourth-order valence-electron chi connectivity index (χ4n) is 3.08. The first kappa shape index (κ1) is 18.4. The summed E-state index contributed by atoms with van der Waals surface area (Å²) in [5.41, 5.74) is 6.40. The molecule has 0 radical (unpaired) electrons. The van der Waals surface area contributed by atoms with Crippen molar-refractivity contribution in [1.29, 1.82) is 0 Å². The highest BCUT2D eigenvalue weighted by atomic mass is 16.1. The average Bonchev–Trinajstić information content (AvgIpc) is 2.75. The topological polar surface area (TPSA) is 93.6 Å². The molecule has 7 nitrogen and oxygen atoms in total. The zero-order chi connectivity index (χ0) is 20.1. The average molecular weight is 382 g/mol. The van der Waals surface area contributed by atoms with Gasteiger partial charge in [-0.25, -0.2) is 0 Å². The van der Waals surface area contributed by atoms with Crippen molar-refractivity contribution in [1.82, 2.24) is 25.4 Å². The van der Waals surface area contributed by atoms with E-state index in [0.717, 1.165) is 33.5 Å². The molecule has 0 aliphatic heterocycles. The van der Waals surface area contributed by atoms with E-state index >= 15 is 0 Å². The number of aryl methyl sites for hydroxylation is 1. The van der Waals surface area contributed by atoms with Crippen LogP contribution in [-0.4, -0.2) is 31.3 Å². The summed E-state index contributed by atoms with van der Waals surface area (Å²) in [5.74, 6) is -0.0946. The molecule has 0 saturated heterocycles. The molecular weight excluding hydrogens is 364 g/mol. The maximum Gasteiger partial charge on any atom is 0.228 e. The predicted molar refractivity (Wildman–Crippen MR) is 110 cm³/mol. The Morgan fingerprint density at radius 2 is 1.62 bits per heavy atom. The second-order valence-corrected chi connectivity index (χ2v) is 6.57. The maximum absolute atomic E-state index is 12.4. The lowest BCUT2D eigenvalue weighted by molar-refractivity contribution is -0.115. The monoisotopic (exact) mass is 382 g/mol. The number of carbonyl (C=O) groups is 1. The molecule has 0 unspecified atom stereocenters. The van der Waals surface area contributed by atoms with Gasteiger partial charge in [-0.2, -0.15) is 20.4 Å². The summed E-state index contributed by atoms with van der Waals surface area (Å²) in [4.78, 5) is 16.8. The third kappa shape index (κ3) is 4.47. The molecule has 0 fully saturated rings. The van der Waals surface area contributed by atoms with E-state index in [1.165, 1.54) is 0 Å². The fourth-order valence-corrected chi connectivity index (χ4v) is 3.08. The number of carbonyl (C=O) groups excluding carboxylic acids is 1. The Morgan fingerprint density at radius 1 is 0.862 bits per heavy atom. The molecule has 0 aliphatic carbocycles. The zero-order valence-corrected chi connectivity index (χ0v) is 15.8. The smallest absolute Gasteiger partial charge is 0.228 e. The van der Waals surface area contributed by atoms with E-state index in [2.05, 4.69) is 30.7 Å². The van der Waals surface area contributed by atoms with Crippen LogP contribution < -0.4 is 5.32 Å². The largest absolute Gasteiger partial charge is 0.324 e. The van der Waals surface area contributed by atoms with E-state index in [9.17, 15) is 4.79 Å². The van der Waals surface area contributed by atoms with Gasteiger partial charge >= 0.3 is 0 Å². The van der Waals surface area contributed by atoms with Crippen molar-refractivity contribution < 1.29 is 4.79 Å². The first-order valence-corrected chi connectivity index (χ1v) is 9.08. The molecule has 0 bridgehead atoms. The molecule has 3 aromatic heterocycles. The number of nitrogens with zero attached hydrogens (tertiary/aromatic N) is 5. The van der Waals surface area contributed by atoms with Crippen LogP contribution in [0.4, 0.5) is 5.69 Å². The van der Waals surface area contributed by atoms with Crippen molar-refractivity contribution in [2.24, 2.45) is 0 Å². The molecule has 1 N–H and O–H groups in total.